The van der Waals surface area contributed by atoms with Crippen LogP contribution < -0.4 is 0 Å². The zero-order valence-corrected chi connectivity index (χ0v) is 20.6. The molecular formula is C23H42O6. The van der Waals surface area contributed by atoms with Gasteiger partial charge in [0.1, 0.15) is 5.60 Å². The molecule has 0 amide bonds. The molecule has 0 aromatic rings. The van der Waals surface area contributed by atoms with Gasteiger partial charge in [0.05, 0.1) is 32.0 Å². The second-order valence-electron chi connectivity index (χ2n) is 11.4. The number of ether oxygens (including phenoxy) is 3. The van der Waals surface area contributed by atoms with Gasteiger partial charge < -0.3 is 14.2 Å². The molecule has 0 aromatic heterocycles. The van der Waals surface area contributed by atoms with Gasteiger partial charge in [-0.1, -0.05) is 48.5 Å². The van der Waals surface area contributed by atoms with E-state index in [-0.39, 0.29) is 45.2 Å². The lowest BCUT2D eigenvalue weighted by atomic mass is 9.70. The Morgan fingerprint density at radius 3 is 1.55 bits per heavy atom. The van der Waals surface area contributed by atoms with Crippen LogP contribution in [0.5, 0.6) is 0 Å². The molecule has 6 heteroatoms. The molecule has 2 fully saturated rings. The summed E-state index contributed by atoms with van der Waals surface area (Å²) >= 11 is 0. The number of carbonyl (C=O) groups is 3. The summed E-state index contributed by atoms with van der Waals surface area (Å²) in [7, 11) is 1.41. The van der Waals surface area contributed by atoms with Crippen LogP contribution in [0.25, 0.3) is 0 Å². The second kappa shape index (κ2) is 9.05. The van der Waals surface area contributed by atoms with Gasteiger partial charge in [0, 0.05) is 10.8 Å². The molecule has 0 spiro atoms. The summed E-state index contributed by atoms with van der Waals surface area (Å²) < 4.78 is 14.6. The van der Waals surface area contributed by atoms with Crippen molar-refractivity contribution in [1.29, 1.82) is 0 Å². The fourth-order valence-electron chi connectivity index (χ4n) is 2.42. The Morgan fingerprint density at radius 2 is 1.45 bits per heavy atom. The van der Waals surface area contributed by atoms with Crippen LogP contribution in [0.1, 0.15) is 89.0 Å². The Hall–Kier alpha value is -1.59. The average molecular weight is 415 g/mol. The zero-order chi connectivity index (χ0) is 23.5. The quantitative estimate of drug-likeness (QED) is 0.447. The monoisotopic (exact) mass is 414 g/mol. The van der Waals surface area contributed by atoms with Crippen molar-refractivity contribution in [3.8, 4) is 0 Å². The third-order valence-corrected chi connectivity index (χ3v) is 6.25. The molecule has 0 unspecified atom stereocenters. The van der Waals surface area contributed by atoms with Crippen LogP contribution in [-0.2, 0) is 28.6 Å². The predicted octanol–water partition coefficient (Wildman–Crippen LogP) is 4.93. The summed E-state index contributed by atoms with van der Waals surface area (Å²) in [5.74, 6) is -0.282. The van der Waals surface area contributed by atoms with Gasteiger partial charge in [-0.3, -0.25) is 14.4 Å². The number of esters is 3. The summed E-state index contributed by atoms with van der Waals surface area (Å²) in [5.41, 5.74) is -0.571. The van der Waals surface area contributed by atoms with Crippen molar-refractivity contribution in [2.24, 2.45) is 21.7 Å². The highest BCUT2D eigenvalue weighted by atomic mass is 16.6. The standard InChI is InChI=1S/2C8H14O2.C7H14O2/c1-7(2)5-10-6(9)8(7,3)4;1-7(2)5-6(9)10-8(7,3)4;1-7(2,3)5-6(8)9-4/h2*5H2,1-4H3;5H2,1-4H3. The first-order chi connectivity index (χ1) is 12.7. The van der Waals surface area contributed by atoms with Gasteiger partial charge in [-0.2, -0.15) is 0 Å². The molecule has 2 aliphatic heterocycles. The highest BCUT2D eigenvalue weighted by molar-refractivity contribution is 5.79. The molecule has 2 rings (SSSR count). The van der Waals surface area contributed by atoms with Crippen LogP contribution in [0.3, 0.4) is 0 Å². The number of cyclic esters (lactones) is 2. The number of carbonyl (C=O) groups excluding carboxylic acids is 3. The molecule has 0 radical (unpaired) electrons. The topological polar surface area (TPSA) is 78.9 Å². The lowest BCUT2D eigenvalue weighted by Gasteiger charge is -2.31. The van der Waals surface area contributed by atoms with Gasteiger partial charge in [0.25, 0.3) is 0 Å². The first kappa shape index (κ1) is 27.4. The van der Waals surface area contributed by atoms with Crippen molar-refractivity contribution in [3.63, 3.8) is 0 Å². The highest BCUT2D eigenvalue weighted by Gasteiger charge is 2.50. The SMILES string of the molecule is CC1(C)CC(=O)OC1(C)C.CC1(C)COC(=O)C1(C)C.COC(=O)CC(C)(C)C. The van der Waals surface area contributed by atoms with Crippen molar-refractivity contribution in [3.05, 3.63) is 0 Å². The number of hydrogen-bond acceptors (Lipinski definition) is 6. The highest BCUT2D eigenvalue weighted by Crippen LogP contribution is 2.44. The van der Waals surface area contributed by atoms with Crippen molar-refractivity contribution >= 4 is 17.9 Å². The smallest absolute Gasteiger partial charge is 0.312 e. The van der Waals surface area contributed by atoms with Gasteiger partial charge in [-0.25, -0.2) is 0 Å². The molecule has 0 bridgehead atoms. The van der Waals surface area contributed by atoms with Gasteiger partial charge in [0.2, 0.25) is 0 Å². The average Bonchev–Trinajstić information content (AvgIpc) is 2.80. The Labute approximate surface area is 177 Å². The largest absolute Gasteiger partial charge is 0.469 e. The minimum absolute atomic E-state index is 0.00984. The van der Waals surface area contributed by atoms with Crippen LogP contribution >= 0.6 is 0 Å². The molecule has 2 aliphatic rings. The molecule has 0 aliphatic carbocycles. The number of rotatable bonds is 1. The molecule has 29 heavy (non-hydrogen) atoms. The van der Waals surface area contributed by atoms with Crippen LogP contribution in [0.4, 0.5) is 0 Å². The summed E-state index contributed by atoms with van der Waals surface area (Å²) in [4.78, 5) is 32.5. The molecule has 0 N–H and O–H groups in total. The van der Waals surface area contributed by atoms with Gasteiger partial charge in [-0.05, 0) is 33.1 Å². The van der Waals surface area contributed by atoms with E-state index in [0.29, 0.717) is 19.4 Å². The van der Waals surface area contributed by atoms with Crippen LogP contribution in [-0.4, -0.2) is 37.2 Å². The van der Waals surface area contributed by atoms with Gasteiger partial charge in [0.15, 0.2) is 0 Å². The minimum Gasteiger partial charge on any atom is -0.469 e. The van der Waals surface area contributed by atoms with Crippen molar-refractivity contribution < 1.29 is 28.6 Å². The van der Waals surface area contributed by atoms with Gasteiger partial charge in [-0.15, -0.1) is 0 Å². The summed E-state index contributed by atoms with van der Waals surface area (Å²) in [5, 5.41) is 0. The molecule has 2 saturated heterocycles. The minimum atomic E-state index is -0.312. The lowest BCUT2D eigenvalue weighted by molar-refractivity contribution is -0.148. The van der Waals surface area contributed by atoms with E-state index in [9.17, 15) is 14.4 Å². The maximum atomic E-state index is 11.1. The predicted molar refractivity (Wildman–Crippen MR) is 113 cm³/mol. The van der Waals surface area contributed by atoms with E-state index in [4.69, 9.17) is 9.47 Å². The Bertz CT molecular complexity index is 585. The lowest BCUT2D eigenvalue weighted by Crippen LogP contribution is -2.34. The third-order valence-electron chi connectivity index (χ3n) is 6.25. The second-order valence-corrected chi connectivity index (χ2v) is 11.4. The normalized spacial score (nSPS) is 22.9. The Balaban J connectivity index is 0.000000407. The van der Waals surface area contributed by atoms with Crippen molar-refractivity contribution in [2.75, 3.05) is 13.7 Å². The molecule has 0 atom stereocenters. The first-order valence-corrected chi connectivity index (χ1v) is 10.1. The Kier molecular flexibility index (Phi) is 8.55. The molecule has 0 saturated carbocycles. The number of hydrogen-bond donors (Lipinski definition) is 0. The molecule has 2 heterocycles. The van der Waals surface area contributed by atoms with Crippen molar-refractivity contribution in [2.45, 2.75) is 94.6 Å². The third kappa shape index (κ3) is 7.63. The van der Waals surface area contributed by atoms with E-state index in [1.165, 1.54) is 7.11 Å². The fraction of sp³-hybridized carbons (Fsp3) is 0.870. The summed E-state index contributed by atoms with van der Waals surface area (Å²) in [6.07, 6.45) is 1.03. The van der Waals surface area contributed by atoms with E-state index < -0.39 is 0 Å². The number of methoxy groups -OCH3 is 1. The van der Waals surface area contributed by atoms with Crippen LogP contribution in [0, 0.1) is 21.7 Å². The van der Waals surface area contributed by atoms with Crippen LogP contribution in [0.15, 0.2) is 0 Å². The van der Waals surface area contributed by atoms with Gasteiger partial charge >= 0.3 is 17.9 Å². The van der Waals surface area contributed by atoms with E-state index >= 15 is 0 Å². The van der Waals surface area contributed by atoms with Crippen LogP contribution in [0.2, 0.25) is 0 Å². The molecule has 0 aromatic carbocycles. The van der Waals surface area contributed by atoms with E-state index in [2.05, 4.69) is 32.4 Å². The zero-order valence-electron chi connectivity index (χ0n) is 20.6. The Morgan fingerprint density at radius 1 is 0.966 bits per heavy atom. The first-order valence-electron chi connectivity index (χ1n) is 10.1. The molecule has 6 nitrogen and oxygen atoms in total. The summed E-state index contributed by atoms with van der Waals surface area (Å²) in [6.45, 7) is 22.6. The molecule has 170 valence electrons. The molecular weight excluding hydrogens is 372 g/mol. The van der Waals surface area contributed by atoms with E-state index in [1.807, 2.05) is 48.5 Å². The van der Waals surface area contributed by atoms with E-state index in [0.717, 1.165) is 0 Å². The summed E-state index contributed by atoms with van der Waals surface area (Å²) in [6, 6.07) is 0. The fourth-order valence-corrected chi connectivity index (χ4v) is 2.42. The van der Waals surface area contributed by atoms with E-state index in [1.54, 1.807) is 0 Å². The maximum Gasteiger partial charge on any atom is 0.312 e. The van der Waals surface area contributed by atoms with Crippen molar-refractivity contribution in [1.82, 2.24) is 0 Å². The maximum absolute atomic E-state index is 11.1.